The molecule has 1 aliphatic heterocycles. The van der Waals surface area contributed by atoms with Crippen molar-refractivity contribution in [3.05, 3.63) is 66.0 Å². The van der Waals surface area contributed by atoms with E-state index in [1.165, 1.54) is 10.8 Å². The fourth-order valence-corrected chi connectivity index (χ4v) is 3.78. The van der Waals surface area contributed by atoms with Gasteiger partial charge in [0.25, 0.3) is 5.91 Å². The summed E-state index contributed by atoms with van der Waals surface area (Å²) in [7, 11) is 1.77. The van der Waals surface area contributed by atoms with Gasteiger partial charge in [0.05, 0.1) is 12.2 Å². The van der Waals surface area contributed by atoms with Gasteiger partial charge >= 0.3 is 0 Å². The number of aliphatic hydroxyl groups excluding tert-OH is 1. The first kappa shape index (κ1) is 15.8. The summed E-state index contributed by atoms with van der Waals surface area (Å²) >= 11 is 0. The normalized spacial score (nSPS) is 18.6. The zero-order valence-corrected chi connectivity index (χ0v) is 14.2. The number of aliphatic hydroxyl groups is 1. The van der Waals surface area contributed by atoms with Crippen molar-refractivity contribution >= 4 is 16.7 Å². The standard InChI is InChI=1S/C20H21N3O2/c1-22-13-15(12-21-22)19(24)20(25)23-11-5-10-18(23)17-9-4-7-14-6-2-3-8-16(14)17/h2-4,6-9,12-13,18-19,24H,5,10-11H2,1H3/t18-,19-/m1/s1. The molecule has 5 nitrogen and oxygen atoms in total. The monoisotopic (exact) mass is 335 g/mol. The van der Waals surface area contributed by atoms with E-state index >= 15 is 0 Å². The summed E-state index contributed by atoms with van der Waals surface area (Å²) in [5, 5.41) is 16.9. The smallest absolute Gasteiger partial charge is 0.256 e. The Hall–Kier alpha value is -2.66. The van der Waals surface area contributed by atoms with Crippen LogP contribution in [0.15, 0.2) is 54.9 Å². The summed E-state index contributed by atoms with van der Waals surface area (Å²) in [6, 6.07) is 14.5. The van der Waals surface area contributed by atoms with E-state index in [0.29, 0.717) is 12.1 Å². The number of fused-ring (bicyclic) bond motifs is 1. The van der Waals surface area contributed by atoms with E-state index in [4.69, 9.17) is 0 Å². The summed E-state index contributed by atoms with van der Waals surface area (Å²) in [6.45, 7) is 0.671. The van der Waals surface area contributed by atoms with Crippen LogP contribution in [0.5, 0.6) is 0 Å². The summed E-state index contributed by atoms with van der Waals surface area (Å²) < 4.78 is 1.60. The van der Waals surface area contributed by atoms with E-state index in [9.17, 15) is 9.90 Å². The van der Waals surface area contributed by atoms with Crippen LogP contribution in [-0.2, 0) is 11.8 Å². The van der Waals surface area contributed by atoms with Crippen molar-refractivity contribution in [3.63, 3.8) is 0 Å². The van der Waals surface area contributed by atoms with Crippen molar-refractivity contribution < 1.29 is 9.90 Å². The SMILES string of the molecule is Cn1cc([C@@H](O)C(=O)N2CCC[C@@H]2c2cccc3ccccc23)cn1. The van der Waals surface area contributed by atoms with Crippen molar-refractivity contribution in [2.24, 2.45) is 7.05 Å². The molecule has 0 unspecified atom stereocenters. The molecule has 3 aromatic rings. The molecule has 2 aromatic carbocycles. The maximum absolute atomic E-state index is 12.9. The molecule has 0 radical (unpaired) electrons. The molecule has 0 saturated carbocycles. The Morgan fingerprint density at radius 2 is 2.04 bits per heavy atom. The lowest BCUT2D eigenvalue weighted by molar-refractivity contribution is -0.141. The summed E-state index contributed by atoms with van der Waals surface area (Å²) in [4.78, 5) is 14.7. The predicted octanol–water partition coefficient (Wildman–Crippen LogP) is 2.97. The summed E-state index contributed by atoms with van der Waals surface area (Å²) in [5.74, 6) is -0.247. The van der Waals surface area contributed by atoms with E-state index < -0.39 is 6.10 Å². The average Bonchev–Trinajstić information content (AvgIpc) is 3.29. The Balaban J connectivity index is 1.67. The van der Waals surface area contributed by atoms with Gasteiger partial charge in [-0.25, -0.2) is 0 Å². The lowest BCUT2D eigenvalue weighted by Crippen LogP contribution is -2.34. The van der Waals surface area contributed by atoms with Gasteiger partial charge in [-0.2, -0.15) is 5.10 Å². The second-order valence-corrected chi connectivity index (χ2v) is 6.61. The fraction of sp³-hybridized carbons (Fsp3) is 0.300. The van der Waals surface area contributed by atoms with E-state index in [1.807, 2.05) is 23.1 Å². The number of nitrogens with zero attached hydrogens (tertiary/aromatic N) is 3. The summed E-state index contributed by atoms with van der Waals surface area (Å²) in [6.07, 6.45) is 3.93. The van der Waals surface area contributed by atoms with Gasteiger partial charge < -0.3 is 10.0 Å². The minimum absolute atomic E-state index is 0.00456. The molecule has 5 heteroatoms. The van der Waals surface area contributed by atoms with E-state index in [0.717, 1.165) is 18.4 Å². The third-order valence-corrected chi connectivity index (χ3v) is 4.99. The largest absolute Gasteiger partial charge is 0.378 e. The second-order valence-electron chi connectivity index (χ2n) is 6.61. The van der Waals surface area contributed by atoms with Crippen LogP contribution < -0.4 is 0 Å². The van der Waals surface area contributed by atoms with Crippen molar-refractivity contribution in [2.45, 2.75) is 25.0 Å². The van der Waals surface area contributed by atoms with Crippen molar-refractivity contribution in [1.82, 2.24) is 14.7 Å². The van der Waals surface area contributed by atoms with Gasteiger partial charge in [0.15, 0.2) is 6.10 Å². The van der Waals surface area contributed by atoms with Crippen LogP contribution in [0, 0.1) is 0 Å². The lowest BCUT2D eigenvalue weighted by Gasteiger charge is -2.28. The fourth-order valence-electron chi connectivity index (χ4n) is 3.78. The molecule has 1 aromatic heterocycles. The van der Waals surface area contributed by atoms with Crippen LogP contribution in [0.3, 0.4) is 0 Å². The third-order valence-electron chi connectivity index (χ3n) is 4.99. The van der Waals surface area contributed by atoms with Gasteiger partial charge in [-0.15, -0.1) is 0 Å². The van der Waals surface area contributed by atoms with Crippen LogP contribution in [0.1, 0.15) is 36.1 Å². The molecule has 0 aliphatic carbocycles. The number of benzene rings is 2. The van der Waals surface area contributed by atoms with Crippen LogP contribution in [0.25, 0.3) is 10.8 Å². The highest BCUT2D eigenvalue weighted by atomic mass is 16.3. The Morgan fingerprint density at radius 3 is 2.84 bits per heavy atom. The van der Waals surface area contributed by atoms with Crippen LogP contribution in [0.2, 0.25) is 0 Å². The molecule has 1 fully saturated rings. The molecule has 1 aliphatic rings. The number of likely N-dealkylation sites (tertiary alicyclic amines) is 1. The molecule has 0 spiro atoms. The highest BCUT2D eigenvalue weighted by Crippen LogP contribution is 2.37. The number of carbonyl (C=O) groups excluding carboxylic acids is 1. The highest BCUT2D eigenvalue weighted by molar-refractivity contribution is 5.88. The van der Waals surface area contributed by atoms with Crippen LogP contribution in [-0.4, -0.2) is 32.2 Å². The first-order valence-electron chi connectivity index (χ1n) is 8.60. The molecule has 1 N–H and O–H groups in total. The number of aromatic nitrogens is 2. The Kier molecular flexibility index (Phi) is 4.01. The van der Waals surface area contributed by atoms with Crippen molar-refractivity contribution in [1.29, 1.82) is 0 Å². The predicted molar refractivity (Wildman–Crippen MR) is 95.8 cm³/mol. The zero-order chi connectivity index (χ0) is 17.4. The highest BCUT2D eigenvalue weighted by Gasteiger charge is 2.34. The third kappa shape index (κ3) is 2.81. The molecule has 2 heterocycles. The second kappa shape index (κ2) is 6.33. The van der Waals surface area contributed by atoms with Gasteiger partial charge in [0, 0.05) is 25.4 Å². The zero-order valence-electron chi connectivity index (χ0n) is 14.2. The Labute approximate surface area is 146 Å². The molecule has 128 valence electrons. The lowest BCUT2D eigenvalue weighted by atomic mass is 9.97. The van der Waals surface area contributed by atoms with Gasteiger partial charge in [0.1, 0.15) is 0 Å². The molecule has 25 heavy (non-hydrogen) atoms. The number of rotatable bonds is 3. The Morgan fingerprint density at radius 1 is 1.24 bits per heavy atom. The van der Waals surface area contributed by atoms with Crippen LogP contribution in [0.4, 0.5) is 0 Å². The number of hydrogen-bond acceptors (Lipinski definition) is 3. The van der Waals surface area contributed by atoms with Gasteiger partial charge in [-0.3, -0.25) is 9.48 Å². The van der Waals surface area contributed by atoms with Gasteiger partial charge in [-0.1, -0.05) is 42.5 Å². The first-order valence-corrected chi connectivity index (χ1v) is 8.60. The molecule has 4 rings (SSSR count). The topological polar surface area (TPSA) is 58.4 Å². The molecule has 2 atom stereocenters. The van der Waals surface area contributed by atoms with Crippen molar-refractivity contribution in [3.8, 4) is 0 Å². The molecular formula is C20H21N3O2. The molecular weight excluding hydrogens is 314 g/mol. The van der Waals surface area contributed by atoms with E-state index in [-0.39, 0.29) is 11.9 Å². The average molecular weight is 335 g/mol. The van der Waals surface area contributed by atoms with E-state index in [1.54, 1.807) is 24.1 Å². The van der Waals surface area contributed by atoms with Crippen molar-refractivity contribution in [2.75, 3.05) is 6.54 Å². The van der Waals surface area contributed by atoms with Crippen LogP contribution >= 0.6 is 0 Å². The number of carbonyl (C=O) groups is 1. The quantitative estimate of drug-likeness (QED) is 0.800. The molecule has 1 amide bonds. The number of hydrogen-bond donors (Lipinski definition) is 1. The minimum atomic E-state index is -1.16. The first-order chi connectivity index (χ1) is 12.1. The van der Waals surface area contributed by atoms with Gasteiger partial charge in [0.2, 0.25) is 0 Å². The molecule has 0 bridgehead atoms. The maximum Gasteiger partial charge on any atom is 0.256 e. The maximum atomic E-state index is 12.9. The molecule has 1 saturated heterocycles. The van der Waals surface area contributed by atoms with Gasteiger partial charge in [-0.05, 0) is 29.2 Å². The number of amides is 1. The summed E-state index contributed by atoms with van der Waals surface area (Å²) in [5.41, 5.74) is 1.69. The Bertz CT molecular complexity index is 913. The minimum Gasteiger partial charge on any atom is -0.378 e. The number of aryl methyl sites for hydroxylation is 1. The van der Waals surface area contributed by atoms with E-state index in [2.05, 4.69) is 29.4 Å².